The molecule has 0 aromatic rings. The van der Waals surface area contributed by atoms with E-state index in [0.717, 1.165) is 26.0 Å². The molecular weight excluding hydrogens is 170 g/mol. The topological polar surface area (TPSA) is 21.3 Å². The Morgan fingerprint density at radius 3 is 2.58 bits per heavy atom. The van der Waals surface area contributed by atoms with Gasteiger partial charge in [0.25, 0.3) is 5.17 Å². The third-order valence-electron chi connectivity index (χ3n) is 1.50. The van der Waals surface area contributed by atoms with Gasteiger partial charge in [-0.25, -0.2) is 0 Å². The highest BCUT2D eigenvalue weighted by atomic mass is 32.1. The standard InChI is InChI=1S/C9H19NOS/c1-3-5-6-8-11-9(12)10-7-4-2/h3-8H2,1-2H3,(H,10,12). The molecule has 0 saturated carbocycles. The first-order valence-corrected chi connectivity index (χ1v) is 5.12. The highest BCUT2D eigenvalue weighted by Gasteiger charge is 1.93. The number of unbranched alkanes of at least 4 members (excludes halogenated alkanes) is 2. The second kappa shape index (κ2) is 8.78. The number of thiocarbonyl (C=S) groups is 1. The summed E-state index contributed by atoms with van der Waals surface area (Å²) in [6, 6.07) is 0. The minimum atomic E-state index is 0.549. The molecule has 0 aromatic heterocycles. The molecule has 0 saturated heterocycles. The van der Waals surface area contributed by atoms with Crippen LogP contribution in [0, 0.1) is 0 Å². The van der Waals surface area contributed by atoms with Gasteiger partial charge in [0.2, 0.25) is 0 Å². The molecule has 0 aliphatic heterocycles. The lowest BCUT2D eigenvalue weighted by Gasteiger charge is -2.07. The van der Waals surface area contributed by atoms with Crippen molar-refractivity contribution in [3.8, 4) is 0 Å². The third kappa shape index (κ3) is 7.79. The van der Waals surface area contributed by atoms with Crippen molar-refractivity contribution in [3.05, 3.63) is 0 Å². The molecule has 72 valence electrons. The van der Waals surface area contributed by atoms with Crippen LogP contribution < -0.4 is 5.32 Å². The molecule has 0 aliphatic rings. The van der Waals surface area contributed by atoms with Gasteiger partial charge in [0, 0.05) is 6.54 Å². The van der Waals surface area contributed by atoms with Crippen molar-refractivity contribution in [3.63, 3.8) is 0 Å². The Morgan fingerprint density at radius 2 is 2.00 bits per heavy atom. The fourth-order valence-electron chi connectivity index (χ4n) is 0.795. The summed E-state index contributed by atoms with van der Waals surface area (Å²) in [5.41, 5.74) is 0. The predicted molar refractivity (Wildman–Crippen MR) is 56.4 cm³/mol. The van der Waals surface area contributed by atoms with Gasteiger partial charge in [-0.2, -0.15) is 0 Å². The molecule has 0 aliphatic carbocycles. The van der Waals surface area contributed by atoms with E-state index in [1.165, 1.54) is 12.8 Å². The fraction of sp³-hybridized carbons (Fsp3) is 0.889. The molecule has 1 N–H and O–H groups in total. The van der Waals surface area contributed by atoms with Crippen molar-refractivity contribution in [2.45, 2.75) is 39.5 Å². The molecule has 2 nitrogen and oxygen atoms in total. The average Bonchev–Trinajstić information content (AvgIpc) is 2.09. The maximum absolute atomic E-state index is 5.27. The highest BCUT2D eigenvalue weighted by molar-refractivity contribution is 7.80. The number of hydrogen-bond donors (Lipinski definition) is 1. The zero-order chi connectivity index (χ0) is 9.23. The van der Waals surface area contributed by atoms with Crippen molar-refractivity contribution in [1.82, 2.24) is 5.32 Å². The van der Waals surface area contributed by atoms with Gasteiger partial charge in [0.15, 0.2) is 0 Å². The van der Waals surface area contributed by atoms with Crippen LogP contribution >= 0.6 is 12.2 Å². The first-order chi connectivity index (χ1) is 5.81. The number of nitrogens with one attached hydrogen (secondary N) is 1. The van der Waals surface area contributed by atoms with Crippen molar-refractivity contribution in [1.29, 1.82) is 0 Å². The van der Waals surface area contributed by atoms with Gasteiger partial charge in [0.1, 0.15) is 0 Å². The van der Waals surface area contributed by atoms with E-state index in [1.807, 2.05) is 0 Å². The Balaban J connectivity index is 3.08. The average molecular weight is 189 g/mol. The molecular formula is C9H19NOS. The summed E-state index contributed by atoms with van der Waals surface area (Å²) in [7, 11) is 0. The zero-order valence-corrected chi connectivity index (χ0v) is 8.88. The minimum Gasteiger partial charge on any atom is -0.471 e. The second-order valence-electron chi connectivity index (χ2n) is 2.77. The number of rotatable bonds is 6. The van der Waals surface area contributed by atoms with Crippen LogP contribution in [-0.4, -0.2) is 18.3 Å². The van der Waals surface area contributed by atoms with Crippen molar-refractivity contribution >= 4 is 17.4 Å². The molecule has 0 unspecified atom stereocenters. The van der Waals surface area contributed by atoms with Crippen LogP contribution in [-0.2, 0) is 4.74 Å². The quantitative estimate of drug-likeness (QED) is 0.512. The van der Waals surface area contributed by atoms with Crippen molar-refractivity contribution < 1.29 is 4.74 Å². The second-order valence-corrected chi connectivity index (χ2v) is 3.14. The fourth-order valence-corrected chi connectivity index (χ4v) is 0.980. The van der Waals surface area contributed by atoms with E-state index in [2.05, 4.69) is 19.2 Å². The Labute approximate surface area is 80.7 Å². The monoisotopic (exact) mass is 189 g/mol. The molecule has 12 heavy (non-hydrogen) atoms. The zero-order valence-electron chi connectivity index (χ0n) is 8.06. The number of ether oxygens (including phenoxy) is 1. The summed E-state index contributed by atoms with van der Waals surface area (Å²) >= 11 is 4.94. The van der Waals surface area contributed by atoms with Crippen molar-refractivity contribution in [2.24, 2.45) is 0 Å². The Morgan fingerprint density at radius 1 is 1.25 bits per heavy atom. The summed E-state index contributed by atoms with van der Waals surface area (Å²) in [4.78, 5) is 0. The maximum Gasteiger partial charge on any atom is 0.256 e. The van der Waals surface area contributed by atoms with E-state index in [1.54, 1.807) is 0 Å². The van der Waals surface area contributed by atoms with E-state index in [4.69, 9.17) is 17.0 Å². The largest absolute Gasteiger partial charge is 0.471 e. The first kappa shape index (κ1) is 11.7. The lowest BCUT2D eigenvalue weighted by molar-refractivity contribution is 0.288. The highest BCUT2D eigenvalue weighted by Crippen LogP contribution is 1.94. The van der Waals surface area contributed by atoms with E-state index in [0.29, 0.717) is 5.17 Å². The molecule has 0 bridgehead atoms. The Bertz CT molecular complexity index is 117. The first-order valence-electron chi connectivity index (χ1n) is 4.71. The van der Waals surface area contributed by atoms with Crippen LogP contribution in [0.15, 0.2) is 0 Å². The maximum atomic E-state index is 5.27. The third-order valence-corrected chi connectivity index (χ3v) is 1.76. The van der Waals surface area contributed by atoms with Gasteiger partial charge in [-0.1, -0.05) is 26.7 Å². The summed E-state index contributed by atoms with van der Waals surface area (Å²) < 4.78 is 5.27. The molecule has 0 aromatic carbocycles. The molecule has 0 heterocycles. The van der Waals surface area contributed by atoms with Gasteiger partial charge in [-0.3, -0.25) is 0 Å². The van der Waals surface area contributed by atoms with Crippen LogP contribution in [0.2, 0.25) is 0 Å². The van der Waals surface area contributed by atoms with E-state index in [9.17, 15) is 0 Å². The Kier molecular flexibility index (Phi) is 8.56. The lowest BCUT2D eigenvalue weighted by atomic mass is 10.3. The molecule has 0 atom stereocenters. The van der Waals surface area contributed by atoms with E-state index in [-0.39, 0.29) is 0 Å². The van der Waals surface area contributed by atoms with Crippen LogP contribution in [0.25, 0.3) is 0 Å². The molecule has 0 amide bonds. The Hall–Kier alpha value is -0.310. The summed E-state index contributed by atoms with van der Waals surface area (Å²) in [6.45, 7) is 5.94. The number of hydrogen-bond acceptors (Lipinski definition) is 2. The van der Waals surface area contributed by atoms with Crippen LogP contribution in [0.5, 0.6) is 0 Å². The summed E-state index contributed by atoms with van der Waals surface area (Å²) in [5, 5.41) is 3.57. The molecule has 0 rings (SSSR count). The van der Waals surface area contributed by atoms with Gasteiger partial charge in [-0.05, 0) is 25.1 Å². The lowest BCUT2D eigenvalue weighted by Crippen LogP contribution is -2.24. The van der Waals surface area contributed by atoms with Crippen LogP contribution in [0.4, 0.5) is 0 Å². The van der Waals surface area contributed by atoms with Crippen LogP contribution in [0.3, 0.4) is 0 Å². The SMILES string of the molecule is CCCCCOC(=S)NCCC. The molecule has 0 radical (unpaired) electrons. The summed E-state index contributed by atoms with van der Waals surface area (Å²) in [5.74, 6) is 0. The summed E-state index contributed by atoms with van der Waals surface area (Å²) in [6.07, 6.45) is 4.62. The van der Waals surface area contributed by atoms with Gasteiger partial charge >= 0.3 is 0 Å². The molecule has 0 spiro atoms. The van der Waals surface area contributed by atoms with E-state index < -0.39 is 0 Å². The van der Waals surface area contributed by atoms with Gasteiger partial charge in [-0.15, -0.1) is 0 Å². The minimum absolute atomic E-state index is 0.549. The van der Waals surface area contributed by atoms with Gasteiger partial charge in [0.05, 0.1) is 6.61 Å². The van der Waals surface area contributed by atoms with Crippen LogP contribution in [0.1, 0.15) is 39.5 Å². The van der Waals surface area contributed by atoms with E-state index >= 15 is 0 Å². The van der Waals surface area contributed by atoms with Gasteiger partial charge < -0.3 is 10.1 Å². The molecule has 0 fully saturated rings. The molecule has 3 heteroatoms. The normalized spacial score (nSPS) is 9.50. The smallest absolute Gasteiger partial charge is 0.256 e. The van der Waals surface area contributed by atoms with Crippen molar-refractivity contribution in [2.75, 3.05) is 13.2 Å². The predicted octanol–water partition coefficient (Wildman–Crippen LogP) is 2.48.